The molecule has 0 aliphatic carbocycles. The van der Waals surface area contributed by atoms with Crippen LogP contribution >= 0.6 is 0 Å². The van der Waals surface area contributed by atoms with Crippen molar-refractivity contribution in [2.75, 3.05) is 132 Å². The van der Waals surface area contributed by atoms with Gasteiger partial charge in [0.05, 0.1) is 84.8 Å². The van der Waals surface area contributed by atoms with Crippen molar-refractivity contribution in [3.8, 4) is 0 Å². The highest BCUT2D eigenvalue weighted by atomic mass is 16.7. The highest BCUT2D eigenvalue weighted by Gasteiger charge is 2.47. The van der Waals surface area contributed by atoms with Gasteiger partial charge >= 0.3 is 0 Å². The molecule has 0 aromatic heterocycles. The van der Waals surface area contributed by atoms with Crippen LogP contribution in [0, 0.1) is 5.41 Å². The van der Waals surface area contributed by atoms with E-state index in [1.165, 1.54) is 20.8 Å². The van der Waals surface area contributed by atoms with Crippen LogP contribution in [0.25, 0.3) is 0 Å². The Morgan fingerprint density at radius 2 is 0.630 bits per heavy atom. The van der Waals surface area contributed by atoms with Crippen molar-refractivity contribution < 1.29 is 132 Å². The Bertz CT molecular complexity index is 2290. The van der Waals surface area contributed by atoms with Gasteiger partial charge in [-0.1, -0.05) is 6.92 Å². The van der Waals surface area contributed by atoms with Crippen molar-refractivity contribution in [3.05, 3.63) is 0 Å². The molecule has 9 amide bonds. The lowest BCUT2D eigenvalue weighted by Crippen LogP contribution is -2.65. The normalized spacial score (nSPS) is 25.7. The van der Waals surface area contributed by atoms with Crippen molar-refractivity contribution >= 4 is 53.2 Å². The molecule has 0 radical (unpaired) electrons. The van der Waals surface area contributed by atoms with Gasteiger partial charge in [0.15, 0.2) is 6.29 Å². The van der Waals surface area contributed by atoms with Gasteiger partial charge in [0.2, 0.25) is 53.2 Å². The summed E-state index contributed by atoms with van der Waals surface area (Å²) in [6.07, 6.45) is -9.38. The lowest BCUT2D eigenvalue weighted by molar-refractivity contribution is -0.270. The lowest BCUT2D eigenvalue weighted by Gasteiger charge is -2.42. The maximum atomic E-state index is 12.7. The standard InChI is InChI=1S/C64H115N9O27/c1-40(77)71-54-46(98-43(32-74)57(86)60(54)89)35-92-26-8-5-14-48(80)65-20-11-23-68-51(83)17-29-94-37-64(4,39-96-31-19-53(85)70-25-13-22-67-50(82)16-7-10-28-97-63-56(73-42(3)79)62(91)59(88)45(34-76)100-63)38-95-30-18-52(84)69-24-12-21-66-49(81)15-6-9-27-93-36-47-55(72-41(2)78)61(90)58(87)44(33-75)99-47/h43-47,54-63,74-76,86-91H,5-39H2,1-4H3,(H,65,80)(H,66,81)(H,67,82)(H,68,83)(H,69,84)(H,70,85)(H,71,77)(H,72,78)(H,73,79). The third-order valence-electron chi connectivity index (χ3n) is 16.3. The van der Waals surface area contributed by atoms with E-state index in [1.54, 1.807) is 0 Å². The van der Waals surface area contributed by atoms with Gasteiger partial charge in [0.1, 0.15) is 73.2 Å². The van der Waals surface area contributed by atoms with Crippen LogP contribution in [0.3, 0.4) is 0 Å². The Morgan fingerprint density at radius 3 is 0.950 bits per heavy atom. The molecule has 100 heavy (non-hydrogen) atoms. The fourth-order valence-corrected chi connectivity index (χ4v) is 10.8. The van der Waals surface area contributed by atoms with Crippen LogP contribution in [0.2, 0.25) is 0 Å². The molecule has 0 aromatic carbocycles. The van der Waals surface area contributed by atoms with Crippen LogP contribution in [-0.4, -0.2) is 322 Å². The highest BCUT2D eigenvalue weighted by Crippen LogP contribution is 2.26. The van der Waals surface area contributed by atoms with Gasteiger partial charge in [-0.05, 0) is 57.8 Å². The zero-order valence-electron chi connectivity index (χ0n) is 58.3. The van der Waals surface area contributed by atoms with E-state index >= 15 is 0 Å². The van der Waals surface area contributed by atoms with Crippen LogP contribution < -0.4 is 47.9 Å². The number of hydrogen-bond donors (Lipinski definition) is 18. The average molecular weight is 1440 g/mol. The van der Waals surface area contributed by atoms with Gasteiger partial charge in [-0.2, -0.15) is 0 Å². The smallest absolute Gasteiger partial charge is 0.222 e. The van der Waals surface area contributed by atoms with E-state index < -0.39 is 135 Å². The van der Waals surface area contributed by atoms with Crippen molar-refractivity contribution in [2.24, 2.45) is 5.41 Å². The molecule has 3 aliphatic rings. The Kier molecular flexibility index (Phi) is 45.1. The Balaban J connectivity index is 1.33. The summed E-state index contributed by atoms with van der Waals surface area (Å²) in [5.41, 5.74) is -0.782. The van der Waals surface area contributed by atoms with Crippen LogP contribution in [0.5, 0.6) is 0 Å². The molecule has 0 aromatic rings. The van der Waals surface area contributed by atoms with Crippen LogP contribution in [0.1, 0.15) is 124 Å². The van der Waals surface area contributed by atoms with E-state index in [0.29, 0.717) is 90.5 Å². The largest absolute Gasteiger partial charge is 0.394 e. The minimum Gasteiger partial charge on any atom is -0.394 e. The predicted octanol–water partition coefficient (Wildman–Crippen LogP) is -6.44. The van der Waals surface area contributed by atoms with Gasteiger partial charge in [-0.3, -0.25) is 43.2 Å². The molecular weight excluding hydrogens is 1330 g/mol. The van der Waals surface area contributed by atoms with E-state index in [-0.39, 0.29) is 153 Å². The SMILES string of the molecule is CC(=O)NC1C(COCCCCC(=O)NCCCNC(=O)CCOCC(C)(COCCC(=O)NCCCNC(=O)CCCCOCC2OC(CO)C(O)C(O)C2NC(C)=O)COCCC(=O)NCCCNC(=O)CCCCOC2OC(CO)C(O)C(O)C2NC(C)=O)OC(CO)C(O)C1O. The summed E-state index contributed by atoms with van der Waals surface area (Å²) in [6.45, 7) is 6.72. The number of unbranched alkanes of at least 4 members (excludes halogenated alkanes) is 3. The van der Waals surface area contributed by atoms with Crippen molar-refractivity contribution in [1.82, 2.24) is 47.9 Å². The monoisotopic (exact) mass is 1440 g/mol. The van der Waals surface area contributed by atoms with Gasteiger partial charge < -0.3 is 136 Å². The van der Waals surface area contributed by atoms with Crippen molar-refractivity contribution in [1.29, 1.82) is 0 Å². The Hall–Kier alpha value is -5.49. The Morgan fingerprint density at radius 1 is 0.340 bits per heavy atom. The van der Waals surface area contributed by atoms with Gasteiger partial charge in [0.25, 0.3) is 0 Å². The summed E-state index contributed by atoms with van der Waals surface area (Å²) in [4.78, 5) is 110. The first-order valence-electron chi connectivity index (χ1n) is 34.6. The Labute approximate surface area is 583 Å². The molecule has 15 unspecified atom stereocenters. The molecule has 0 bridgehead atoms. The number of carbonyl (C=O) groups excluding carboxylic acids is 9. The molecule has 578 valence electrons. The second kappa shape index (κ2) is 50.8. The summed E-state index contributed by atoms with van der Waals surface area (Å²) in [6, 6.07) is -2.96. The summed E-state index contributed by atoms with van der Waals surface area (Å²) in [5.74, 6) is -2.77. The first-order chi connectivity index (χ1) is 47.8. The molecule has 0 spiro atoms. The lowest BCUT2D eigenvalue weighted by atomic mass is 9.93. The maximum Gasteiger partial charge on any atom is 0.222 e. The van der Waals surface area contributed by atoms with E-state index in [2.05, 4.69) is 47.9 Å². The van der Waals surface area contributed by atoms with Crippen LogP contribution in [0.4, 0.5) is 0 Å². The van der Waals surface area contributed by atoms with Crippen molar-refractivity contribution in [2.45, 2.75) is 216 Å². The molecule has 15 atom stereocenters. The average Bonchev–Trinajstić information content (AvgIpc) is 0.824. The molecule has 18 N–H and O–H groups in total. The number of carbonyl (C=O) groups is 9. The number of aliphatic hydroxyl groups excluding tert-OH is 9. The van der Waals surface area contributed by atoms with E-state index in [9.17, 15) is 89.1 Å². The fraction of sp³-hybridized carbons (Fsp3) is 0.859. The molecule has 36 heteroatoms. The van der Waals surface area contributed by atoms with E-state index in [1.807, 2.05) is 6.92 Å². The summed E-state index contributed by atoms with van der Waals surface area (Å²) < 4.78 is 51.6. The summed E-state index contributed by atoms with van der Waals surface area (Å²) in [5, 5.41) is 115. The second-order valence-electron chi connectivity index (χ2n) is 25.4. The number of hydrogen-bond acceptors (Lipinski definition) is 27. The third-order valence-corrected chi connectivity index (χ3v) is 16.3. The zero-order chi connectivity index (χ0) is 73.8. The molecule has 3 heterocycles. The predicted molar refractivity (Wildman–Crippen MR) is 352 cm³/mol. The van der Waals surface area contributed by atoms with Crippen LogP contribution in [-0.2, 0) is 85.8 Å². The zero-order valence-corrected chi connectivity index (χ0v) is 58.3. The quantitative estimate of drug-likeness (QED) is 0.0252. The highest BCUT2D eigenvalue weighted by molar-refractivity contribution is 5.78. The van der Waals surface area contributed by atoms with Gasteiger partial charge in [0, 0.05) is 124 Å². The third kappa shape index (κ3) is 36.1. The van der Waals surface area contributed by atoms with Gasteiger partial charge in [-0.15, -0.1) is 0 Å². The topological polar surface area (TPSA) is 527 Å². The van der Waals surface area contributed by atoms with Crippen molar-refractivity contribution in [3.63, 3.8) is 0 Å². The molecule has 3 saturated heterocycles. The minimum atomic E-state index is -1.44. The van der Waals surface area contributed by atoms with E-state index in [0.717, 1.165) is 0 Å². The second-order valence-corrected chi connectivity index (χ2v) is 25.4. The number of rotatable bonds is 53. The molecule has 36 nitrogen and oxygen atoms in total. The van der Waals surface area contributed by atoms with Crippen LogP contribution in [0.15, 0.2) is 0 Å². The minimum absolute atomic E-state index is 0.0234. The van der Waals surface area contributed by atoms with E-state index in [4.69, 9.17) is 42.6 Å². The molecular formula is C64H115N9O27. The number of amides is 9. The molecule has 3 rings (SSSR count). The number of ether oxygens (including phenoxy) is 9. The summed E-state index contributed by atoms with van der Waals surface area (Å²) in [7, 11) is 0. The summed E-state index contributed by atoms with van der Waals surface area (Å²) >= 11 is 0. The first kappa shape index (κ1) is 88.7. The first-order valence-corrected chi connectivity index (χ1v) is 34.6. The van der Waals surface area contributed by atoms with Gasteiger partial charge in [-0.25, -0.2) is 0 Å². The molecule has 0 saturated carbocycles. The maximum absolute atomic E-state index is 12.7. The molecule has 3 fully saturated rings. The number of nitrogens with one attached hydrogen (secondary N) is 9. The fourth-order valence-electron chi connectivity index (χ4n) is 10.8. The molecule has 3 aliphatic heterocycles. The number of aliphatic hydroxyl groups is 9.